The number of carbonyl (C=O) groups is 1. The normalized spacial score (nSPS) is 12.3. The topological polar surface area (TPSA) is 94.4 Å². The van der Waals surface area contributed by atoms with Crippen molar-refractivity contribution in [2.24, 2.45) is 0 Å². The largest absolute Gasteiger partial charge is 0.484 e. The molecule has 2 aromatic rings. The van der Waals surface area contributed by atoms with Gasteiger partial charge in [0.05, 0.1) is 11.0 Å². The minimum absolute atomic E-state index is 0.297. The number of carbonyl (C=O) groups excluding carboxylic acids is 1. The first-order valence-corrected chi connectivity index (χ1v) is 7.36. The van der Waals surface area contributed by atoms with Gasteiger partial charge in [-0.2, -0.15) is 13.2 Å². The van der Waals surface area contributed by atoms with E-state index in [1.807, 2.05) is 0 Å². The first-order valence-electron chi connectivity index (χ1n) is 7.36. The lowest BCUT2D eigenvalue weighted by Crippen LogP contribution is -2.27. The lowest BCUT2D eigenvalue weighted by atomic mass is 10.1. The lowest BCUT2D eigenvalue weighted by Gasteiger charge is -2.15. The summed E-state index contributed by atoms with van der Waals surface area (Å²) in [6.45, 7) is 0.0857. The van der Waals surface area contributed by atoms with Crippen molar-refractivity contribution in [1.82, 2.24) is 10.3 Å². The highest BCUT2D eigenvalue weighted by atomic mass is 19.4. The molecule has 10 heteroatoms. The predicted molar refractivity (Wildman–Crippen MR) is 84.8 cm³/mol. The summed E-state index contributed by atoms with van der Waals surface area (Å²) in [6.07, 6.45) is -1.53. The fraction of sp³-hybridized carbons (Fsp3) is 0.250. The number of aromatic nitrogens is 1. The number of benzene rings is 1. The minimum atomic E-state index is -4.57. The van der Waals surface area contributed by atoms with Crippen LogP contribution in [0, 0.1) is 10.1 Å². The molecule has 1 atom stereocenters. The summed E-state index contributed by atoms with van der Waals surface area (Å²) in [5.74, 6) is -1.10. The van der Waals surface area contributed by atoms with Crippen LogP contribution in [-0.4, -0.2) is 28.6 Å². The van der Waals surface area contributed by atoms with E-state index in [0.717, 1.165) is 18.2 Å². The molecule has 0 radical (unpaired) electrons. The fourth-order valence-corrected chi connectivity index (χ4v) is 2.12. The molecule has 1 amide bonds. The van der Waals surface area contributed by atoms with Crippen LogP contribution in [0.15, 0.2) is 42.7 Å². The Hall–Kier alpha value is -3.17. The molecule has 0 saturated heterocycles. The molecule has 0 saturated carbocycles. The van der Waals surface area contributed by atoms with Crippen LogP contribution in [0.2, 0.25) is 0 Å². The van der Waals surface area contributed by atoms with E-state index < -0.39 is 40.9 Å². The Morgan fingerprint density at radius 3 is 2.54 bits per heavy atom. The summed E-state index contributed by atoms with van der Waals surface area (Å²) in [4.78, 5) is 26.6. The third kappa shape index (κ3) is 5.16. The van der Waals surface area contributed by atoms with Crippen molar-refractivity contribution in [3.63, 3.8) is 0 Å². The molecule has 0 aliphatic carbocycles. The molecule has 1 unspecified atom stereocenters. The van der Waals surface area contributed by atoms with Crippen molar-refractivity contribution in [1.29, 1.82) is 0 Å². The monoisotopic (exact) mass is 369 g/mol. The summed E-state index contributed by atoms with van der Waals surface area (Å²) < 4.78 is 41.3. The molecular weight excluding hydrogens is 355 g/mol. The van der Waals surface area contributed by atoms with E-state index in [4.69, 9.17) is 0 Å². The molecule has 138 valence electrons. The third-order valence-corrected chi connectivity index (χ3v) is 3.37. The molecule has 1 aromatic carbocycles. The number of halogens is 3. The molecule has 26 heavy (non-hydrogen) atoms. The van der Waals surface area contributed by atoms with E-state index in [0.29, 0.717) is 5.56 Å². The number of ether oxygens (including phenoxy) is 1. The number of alkyl halides is 3. The molecule has 0 aliphatic heterocycles. The number of nitro benzene ring substituents is 1. The molecule has 7 nitrogen and oxygen atoms in total. The van der Waals surface area contributed by atoms with Gasteiger partial charge in [-0.25, -0.2) is 0 Å². The minimum Gasteiger partial charge on any atom is -0.484 e. The summed E-state index contributed by atoms with van der Waals surface area (Å²) >= 11 is 0. The highest BCUT2D eigenvalue weighted by Gasteiger charge is 2.29. The smallest absolute Gasteiger partial charge is 0.422 e. The molecule has 2 rings (SSSR count). The van der Waals surface area contributed by atoms with Crippen molar-refractivity contribution >= 4 is 11.6 Å². The number of pyridine rings is 1. The Balaban J connectivity index is 2.24. The second kappa shape index (κ2) is 7.81. The molecule has 0 fully saturated rings. The van der Waals surface area contributed by atoms with Crippen LogP contribution >= 0.6 is 0 Å². The van der Waals surface area contributed by atoms with Crippen LogP contribution in [0.5, 0.6) is 5.75 Å². The van der Waals surface area contributed by atoms with Gasteiger partial charge < -0.3 is 10.1 Å². The van der Waals surface area contributed by atoms with Gasteiger partial charge >= 0.3 is 6.18 Å². The molecule has 1 N–H and O–H groups in total. The Morgan fingerprint density at radius 2 is 1.96 bits per heavy atom. The van der Waals surface area contributed by atoms with Crippen LogP contribution in [0.25, 0.3) is 0 Å². The molecule has 0 bridgehead atoms. The van der Waals surface area contributed by atoms with Crippen LogP contribution in [0.3, 0.4) is 0 Å². The van der Waals surface area contributed by atoms with E-state index in [2.05, 4.69) is 15.0 Å². The SMILES string of the molecule is CC(NC(=O)c1cc(OCC(F)(F)F)ccc1[N+](=O)[O-])c1ccncc1. The average Bonchev–Trinajstić information content (AvgIpc) is 2.59. The number of rotatable bonds is 6. The highest BCUT2D eigenvalue weighted by molar-refractivity contribution is 5.98. The van der Waals surface area contributed by atoms with Gasteiger partial charge in [-0.3, -0.25) is 19.9 Å². The summed E-state index contributed by atoms with van der Waals surface area (Å²) in [6, 6.07) is 5.66. The first-order chi connectivity index (χ1) is 12.2. The number of amides is 1. The van der Waals surface area contributed by atoms with Gasteiger partial charge in [0, 0.05) is 18.5 Å². The maximum Gasteiger partial charge on any atom is 0.422 e. The Kier molecular flexibility index (Phi) is 5.75. The van der Waals surface area contributed by atoms with Crippen LogP contribution in [-0.2, 0) is 0 Å². The Bertz CT molecular complexity index is 797. The number of hydrogen-bond acceptors (Lipinski definition) is 5. The summed E-state index contributed by atoms with van der Waals surface area (Å²) in [7, 11) is 0. The maximum atomic E-state index is 12.4. The zero-order valence-corrected chi connectivity index (χ0v) is 13.5. The van der Waals surface area contributed by atoms with Crippen molar-refractivity contribution < 1.29 is 27.6 Å². The second-order valence-electron chi connectivity index (χ2n) is 5.32. The number of hydrogen-bond donors (Lipinski definition) is 1. The van der Waals surface area contributed by atoms with Gasteiger partial charge in [0.25, 0.3) is 11.6 Å². The first kappa shape index (κ1) is 19.2. The average molecular weight is 369 g/mol. The standard InChI is InChI=1S/C16H14F3N3O4/c1-10(11-4-6-20-7-5-11)21-15(23)13-8-12(26-9-16(17,18)19)2-3-14(13)22(24)25/h2-8,10H,9H2,1H3,(H,21,23). The Morgan fingerprint density at radius 1 is 1.31 bits per heavy atom. The van der Waals surface area contributed by atoms with Crippen LogP contribution in [0.1, 0.15) is 28.9 Å². The van der Waals surface area contributed by atoms with Gasteiger partial charge in [0.15, 0.2) is 6.61 Å². The third-order valence-electron chi connectivity index (χ3n) is 3.37. The zero-order chi connectivity index (χ0) is 19.3. The predicted octanol–water partition coefficient (Wildman–Crippen LogP) is 3.42. The van der Waals surface area contributed by atoms with Gasteiger partial charge in [-0.05, 0) is 36.8 Å². The number of nitrogens with zero attached hydrogens (tertiary/aromatic N) is 2. The Labute approximate surface area is 146 Å². The van der Waals surface area contributed by atoms with Gasteiger partial charge in [0.2, 0.25) is 0 Å². The molecule has 1 aromatic heterocycles. The van der Waals surface area contributed by atoms with E-state index in [9.17, 15) is 28.1 Å². The fourth-order valence-electron chi connectivity index (χ4n) is 2.12. The van der Waals surface area contributed by atoms with Gasteiger partial charge in [-0.15, -0.1) is 0 Å². The van der Waals surface area contributed by atoms with Crippen molar-refractivity contribution in [3.8, 4) is 5.75 Å². The van der Waals surface area contributed by atoms with Crippen molar-refractivity contribution in [2.75, 3.05) is 6.61 Å². The van der Waals surface area contributed by atoms with Gasteiger partial charge in [0.1, 0.15) is 11.3 Å². The van der Waals surface area contributed by atoms with Gasteiger partial charge in [-0.1, -0.05) is 0 Å². The molecule has 1 heterocycles. The van der Waals surface area contributed by atoms with Crippen LogP contribution < -0.4 is 10.1 Å². The lowest BCUT2D eigenvalue weighted by molar-refractivity contribution is -0.385. The molecular formula is C16H14F3N3O4. The highest BCUT2D eigenvalue weighted by Crippen LogP contribution is 2.26. The zero-order valence-electron chi connectivity index (χ0n) is 13.5. The van der Waals surface area contributed by atoms with Crippen molar-refractivity contribution in [3.05, 3.63) is 64.0 Å². The van der Waals surface area contributed by atoms with Crippen molar-refractivity contribution in [2.45, 2.75) is 19.1 Å². The van der Waals surface area contributed by atoms with E-state index >= 15 is 0 Å². The van der Waals surface area contributed by atoms with Crippen LogP contribution in [0.4, 0.5) is 18.9 Å². The molecule has 0 aliphatic rings. The maximum absolute atomic E-state index is 12.4. The number of nitrogens with one attached hydrogen (secondary N) is 1. The quantitative estimate of drug-likeness (QED) is 0.622. The summed E-state index contributed by atoms with van der Waals surface area (Å²) in [5, 5.41) is 13.7. The summed E-state index contributed by atoms with van der Waals surface area (Å²) in [5.41, 5.74) is -0.222. The van der Waals surface area contributed by atoms with E-state index in [1.165, 1.54) is 12.4 Å². The van der Waals surface area contributed by atoms with E-state index in [1.54, 1.807) is 19.1 Å². The molecule has 0 spiro atoms. The number of nitro groups is 1. The second-order valence-corrected chi connectivity index (χ2v) is 5.32. The van der Waals surface area contributed by atoms with E-state index in [-0.39, 0.29) is 5.75 Å².